The Morgan fingerprint density at radius 3 is 2.92 bits per heavy atom. The zero-order valence-electron chi connectivity index (χ0n) is 14.7. The van der Waals surface area contributed by atoms with Gasteiger partial charge in [-0.15, -0.1) is 0 Å². The molecule has 4 heteroatoms. The maximum Gasteiger partial charge on any atom is 0.336 e. The van der Waals surface area contributed by atoms with E-state index < -0.39 is 0 Å². The summed E-state index contributed by atoms with van der Waals surface area (Å²) in [6.07, 6.45) is 2.31. The third kappa shape index (κ3) is 2.63. The Balaban J connectivity index is 1.42. The molecule has 2 aromatic rings. The molecule has 1 aromatic heterocycles. The van der Waals surface area contributed by atoms with E-state index in [-0.39, 0.29) is 5.63 Å². The Labute approximate surface area is 147 Å². The lowest BCUT2D eigenvalue weighted by molar-refractivity contribution is 0.158. The third-order valence-corrected chi connectivity index (χ3v) is 6.67. The van der Waals surface area contributed by atoms with Crippen molar-refractivity contribution < 1.29 is 9.15 Å². The summed E-state index contributed by atoms with van der Waals surface area (Å²) in [6, 6.07) is 7.87. The van der Waals surface area contributed by atoms with E-state index in [2.05, 4.69) is 24.0 Å². The molecule has 1 aliphatic carbocycles. The zero-order valence-corrected chi connectivity index (χ0v) is 14.7. The topological polar surface area (TPSA) is 42.7 Å². The Morgan fingerprint density at radius 1 is 1.12 bits per heavy atom. The minimum atomic E-state index is -0.240. The number of nitrogens with zero attached hydrogens (tertiary/aromatic N) is 1. The van der Waals surface area contributed by atoms with Crippen LogP contribution in [0, 0.1) is 23.7 Å². The smallest absolute Gasteiger partial charge is 0.336 e. The standard InChI is InChI=1S/C21H25NO3/c1-2-13-3-4-20-17(5-13)15(7-21(23)25-20)9-22-8-14-6-16-11-24-12-19(16)18(14)10-22/h3-5,7,14,16,18-19H,2,6,8-12H2,1H3/t14-,16+,18+,19-/m0/s1. The monoisotopic (exact) mass is 339 g/mol. The second kappa shape index (κ2) is 5.96. The number of fused-ring (bicyclic) bond motifs is 4. The van der Waals surface area contributed by atoms with Crippen LogP contribution in [0.3, 0.4) is 0 Å². The molecule has 3 aliphatic rings. The van der Waals surface area contributed by atoms with Crippen molar-refractivity contribution in [1.82, 2.24) is 4.90 Å². The fourth-order valence-electron chi connectivity index (χ4n) is 5.44. The van der Waals surface area contributed by atoms with E-state index in [1.165, 1.54) is 12.0 Å². The maximum absolute atomic E-state index is 12.0. The number of ether oxygens (including phenoxy) is 1. The van der Waals surface area contributed by atoms with Gasteiger partial charge < -0.3 is 9.15 Å². The molecule has 3 heterocycles. The molecule has 1 saturated carbocycles. The number of rotatable bonds is 3. The van der Waals surface area contributed by atoms with Crippen molar-refractivity contribution in [2.24, 2.45) is 23.7 Å². The van der Waals surface area contributed by atoms with Crippen molar-refractivity contribution in [3.8, 4) is 0 Å². The summed E-state index contributed by atoms with van der Waals surface area (Å²) in [5.74, 6) is 3.16. The van der Waals surface area contributed by atoms with Gasteiger partial charge in [-0.25, -0.2) is 4.79 Å². The largest absolute Gasteiger partial charge is 0.423 e. The molecule has 2 aliphatic heterocycles. The summed E-state index contributed by atoms with van der Waals surface area (Å²) in [5.41, 5.74) is 2.87. The molecular formula is C21H25NO3. The number of benzene rings is 1. The quantitative estimate of drug-likeness (QED) is 0.806. The molecule has 4 nitrogen and oxygen atoms in total. The van der Waals surface area contributed by atoms with Crippen molar-refractivity contribution in [3.05, 3.63) is 45.8 Å². The van der Waals surface area contributed by atoms with Gasteiger partial charge in [0.2, 0.25) is 0 Å². The number of hydrogen-bond donors (Lipinski definition) is 0. The SMILES string of the molecule is CCc1ccc2oc(=O)cc(CN3C[C@@H]4C[C@@H]5COC[C@@H]5[C@@H]4C3)c2c1. The van der Waals surface area contributed by atoms with Crippen molar-refractivity contribution >= 4 is 11.0 Å². The van der Waals surface area contributed by atoms with Crippen LogP contribution in [-0.2, 0) is 17.7 Å². The summed E-state index contributed by atoms with van der Waals surface area (Å²) < 4.78 is 11.1. The van der Waals surface area contributed by atoms with E-state index in [4.69, 9.17) is 9.15 Å². The highest BCUT2D eigenvalue weighted by Crippen LogP contribution is 2.48. The fourth-order valence-corrected chi connectivity index (χ4v) is 5.44. The lowest BCUT2D eigenvalue weighted by Gasteiger charge is -2.20. The summed E-state index contributed by atoms with van der Waals surface area (Å²) in [7, 11) is 0. The van der Waals surface area contributed by atoms with Gasteiger partial charge in [-0.1, -0.05) is 13.0 Å². The molecule has 3 fully saturated rings. The van der Waals surface area contributed by atoms with Gasteiger partial charge in [0.05, 0.1) is 6.61 Å². The molecule has 1 aromatic carbocycles. The van der Waals surface area contributed by atoms with Crippen LogP contribution in [-0.4, -0.2) is 31.2 Å². The molecule has 25 heavy (non-hydrogen) atoms. The molecule has 132 valence electrons. The van der Waals surface area contributed by atoms with E-state index >= 15 is 0 Å². The first kappa shape index (κ1) is 15.6. The highest BCUT2D eigenvalue weighted by atomic mass is 16.5. The molecule has 0 spiro atoms. The predicted octanol–water partition coefficient (Wildman–Crippen LogP) is 3.07. The van der Waals surface area contributed by atoms with Crippen LogP contribution in [0.4, 0.5) is 0 Å². The van der Waals surface area contributed by atoms with E-state index in [1.54, 1.807) is 6.07 Å². The minimum absolute atomic E-state index is 0.240. The minimum Gasteiger partial charge on any atom is -0.423 e. The van der Waals surface area contributed by atoms with Gasteiger partial charge in [-0.3, -0.25) is 4.90 Å². The first-order valence-electron chi connectivity index (χ1n) is 9.57. The van der Waals surface area contributed by atoms with E-state index in [1.807, 2.05) is 6.07 Å². The van der Waals surface area contributed by atoms with Crippen molar-refractivity contribution in [1.29, 1.82) is 0 Å². The lowest BCUT2D eigenvalue weighted by Crippen LogP contribution is -2.25. The number of aryl methyl sites for hydroxylation is 1. The van der Waals surface area contributed by atoms with Gasteiger partial charge in [-0.2, -0.15) is 0 Å². The highest BCUT2D eigenvalue weighted by molar-refractivity contribution is 5.80. The molecule has 0 radical (unpaired) electrons. The van der Waals surface area contributed by atoms with Crippen LogP contribution < -0.4 is 5.63 Å². The summed E-state index contributed by atoms with van der Waals surface area (Å²) in [4.78, 5) is 14.5. The Hall–Kier alpha value is -1.65. The van der Waals surface area contributed by atoms with Crippen LogP contribution >= 0.6 is 0 Å². The molecule has 2 saturated heterocycles. The van der Waals surface area contributed by atoms with Crippen LogP contribution in [0.5, 0.6) is 0 Å². The van der Waals surface area contributed by atoms with Crippen molar-refractivity contribution in [2.75, 3.05) is 26.3 Å². The van der Waals surface area contributed by atoms with E-state index in [0.29, 0.717) is 5.58 Å². The summed E-state index contributed by atoms with van der Waals surface area (Å²) >= 11 is 0. The van der Waals surface area contributed by atoms with Gasteiger partial charge in [0, 0.05) is 37.7 Å². The average molecular weight is 339 g/mol. The molecule has 5 rings (SSSR count). The average Bonchev–Trinajstić information content (AvgIpc) is 3.26. The molecular weight excluding hydrogens is 314 g/mol. The first-order valence-corrected chi connectivity index (χ1v) is 9.57. The fraction of sp³-hybridized carbons (Fsp3) is 0.571. The molecule has 0 bridgehead atoms. The predicted molar refractivity (Wildman–Crippen MR) is 96.5 cm³/mol. The van der Waals surface area contributed by atoms with Gasteiger partial charge in [0.1, 0.15) is 5.58 Å². The second-order valence-electron chi connectivity index (χ2n) is 8.09. The maximum atomic E-state index is 12.0. The van der Waals surface area contributed by atoms with Crippen molar-refractivity contribution in [3.63, 3.8) is 0 Å². The van der Waals surface area contributed by atoms with E-state index in [9.17, 15) is 4.79 Å². The molecule has 0 amide bonds. The third-order valence-electron chi connectivity index (χ3n) is 6.67. The van der Waals surface area contributed by atoms with Crippen molar-refractivity contribution in [2.45, 2.75) is 26.3 Å². The Kier molecular flexibility index (Phi) is 3.72. The highest BCUT2D eigenvalue weighted by Gasteiger charge is 2.49. The molecule has 4 atom stereocenters. The zero-order chi connectivity index (χ0) is 17.0. The number of likely N-dealkylation sites (tertiary alicyclic amines) is 1. The van der Waals surface area contributed by atoms with Gasteiger partial charge in [0.15, 0.2) is 0 Å². The van der Waals surface area contributed by atoms with Crippen LogP contribution in [0.2, 0.25) is 0 Å². The van der Waals surface area contributed by atoms with Gasteiger partial charge >= 0.3 is 5.63 Å². The summed E-state index contributed by atoms with van der Waals surface area (Å²) in [6.45, 7) is 7.23. The van der Waals surface area contributed by atoms with Crippen LogP contribution in [0.15, 0.2) is 33.5 Å². The summed E-state index contributed by atoms with van der Waals surface area (Å²) in [5, 5.41) is 1.10. The Bertz CT molecular complexity index is 858. The second-order valence-corrected chi connectivity index (χ2v) is 8.09. The molecule has 0 unspecified atom stereocenters. The van der Waals surface area contributed by atoms with Gasteiger partial charge in [0.25, 0.3) is 0 Å². The normalized spacial score (nSPS) is 31.6. The van der Waals surface area contributed by atoms with E-state index in [0.717, 1.165) is 73.9 Å². The lowest BCUT2D eigenvalue weighted by atomic mass is 9.91. The Morgan fingerprint density at radius 2 is 2.04 bits per heavy atom. The molecule has 0 N–H and O–H groups in total. The van der Waals surface area contributed by atoms with Crippen LogP contribution in [0.1, 0.15) is 24.5 Å². The first-order chi connectivity index (χ1) is 12.2. The number of hydrogen-bond acceptors (Lipinski definition) is 4. The van der Waals surface area contributed by atoms with Crippen LogP contribution in [0.25, 0.3) is 11.0 Å². The van der Waals surface area contributed by atoms with Gasteiger partial charge in [-0.05, 0) is 59.8 Å².